The zero-order valence-electron chi connectivity index (χ0n) is 11.8. The summed E-state index contributed by atoms with van der Waals surface area (Å²) in [7, 11) is 0. The second kappa shape index (κ2) is 6.50. The molecule has 0 amide bonds. The molecule has 116 valence electrons. The van der Waals surface area contributed by atoms with E-state index in [1.165, 1.54) is 6.07 Å². The van der Waals surface area contributed by atoms with Crippen LogP contribution in [-0.2, 0) is 4.74 Å². The van der Waals surface area contributed by atoms with Gasteiger partial charge in [0.2, 0.25) is 0 Å². The molecule has 8 heteroatoms. The number of hydrogen-bond donors (Lipinski definition) is 1. The normalized spacial score (nSPS) is 10.5. The molecular formula is C14H12BrClN2O4. The number of nitrogens with zero attached hydrogens (tertiary/aromatic N) is 1. The molecule has 1 heterocycles. The fraction of sp³-hybridized carbons (Fsp3) is 0.214. The van der Waals surface area contributed by atoms with Crippen LogP contribution in [0.1, 0.15) is 23.1 Å². The van der Waals surface area contributed by atoms with Crippen LogP contribution in [0.25, 0.3) is 11.1 Å². The van der Waals surface area contributed by atoms with Gasteiger partial charge in [-0.15, -0.1) is 0 Å². The van der Waals surface area contributed by atoms with E-state index in [-0.39, 0.29) is 28.6 Å². The number of aromatic nitrogens is 1. The van der Waals surface area contributed by atoms with Crippen LogP contribution in [0.5, 0.6) is 0 Å². The van der Waals surface area contributed by atoms with Gasteiger partial charge in [-0.25, -0.2) is 4.79 Å². The van der Waals surface area contributed by atoms with Gasteiger partial charge in [0, 0.05) is 15.7 Å². The summed E-state index contributed by atoms with van der Waals surface area (Å²) in [5.74, 6) is -0.583. The summed E-state index contributed by atoms with van der Waals surface area (Å²) < 4.78 is 5.55. The molecule has 0 radical (unpaired) electrons. The largest absolute Gasteiger partial charge is 0.461 e. The van der Waals surface area contributed by atoms with Gasteiger partial charge < -0.3 is 9.72 Å². The Balaban J connectivity index is 2.76. The van der Waals surface area contributed by atoms with Crippen molar-refractivity contribution in [2.45, 2.75) is 13.8 Å². The molecule has 1 aromatic heterocycles. The first-order chi connectivity index (χ1) is 10.4. The summed E-state index contributed by atoms with van der Waals surface area (Å²) in [5, 5.41) is 11.3. The second-order valence-corrected chi connectivity index (χ2v) is 5.63. The third kappa shape index (κ3) is 2.86. The Kier molecular flexibility index (Phi) is 4.87. The van der Waals surface area contributed by atoms with E-state index in [2.05, 4.69) is 20.9 Å². The van der Waals surface area contributed by atoms with E-state index in [0.717, 1.165) is 0 Å². The maximum atomic E-state index is 12.1. The van der Waals surface area contributed by atoms with Crippen LogP contribution in [-0.4, -0.2) is 22.5 Å². The monoisotopic (exact) mass is 386 g/mol. The lowest BCUT2D eigenvalue weighted by atomic mass is 10.0. The van der Waals surface area contributed by atoms with Crippen LogP contribution in [0.3, 0.4) is 0 Å². The maximum absolute atomic E-state index is 12.1. The minimum absolute atomic E-state index is 0.00284. The van der Waals surface area contributed by atoms with Crippen LogP contribution >= 0.6 is 27.5 Å². The predicted octanol–water partition coefficient (Wildman–Crippen LogP) is 4.49. The molecule has 2 aromatic rings. The van der Waals surface area contributed by atoms with Crippen LogP contribution in [0.2, 0.25) is 5.02 Å². The Labute approximate surface area is 139 Å². The van der Waals surface area contributed by atoms with Crippen molar-refractivity contribution in [1.29, 1.82) is 0 Å². The second-order valence-electron chi connectivity index (χ2n) is 4.43. The van der Waals surface area contributed by atoms with Gasteiger partial charge in [0.1, 0.15) is 10.7 Å². The number of carbonyl (C=O) groups is 1. The van der Waals surface area contributed by atoms with Gasteiger partial charge in [-0.05, 0) is 41.9 Å². The number of carbonyl (C=O) groups excluding carboxylic acids is 1. The highest BCUT2D eigenvalue weighted by Crippen LogP contribution is 2.42. The molecule has 1 N–H and O–H groups in total. The van der Waals surface area contributed by atoms with Gasteiger partial charge in [0.15, 0.2) is 0 Å². The first-order valence-electron chi connectivity index (χ1n) is 6.36. The quantitative estimate of drug-likeness (QED) is 0.476. The highest BCUT2D eigenvalue weighted by atomic mass is 79.9. The average Bonchev–Trinajstić information content (AvgIpc) is 2.74. The van der Waals surface area contributed by atoms with Gasteiger partial charge in [-0.2, -0.15) is 0 Å². The molecule has 0 aliphatic rings. The molecule has 22 heavy (non-hydrogen) atoms. The number of H-pyrrole nitrogens is 1. The Morgan fingerprint density at radius 2 is 2.18 bits per heavy atom. The number of ether oxygens (including phenoxy) is 1. The van der Waals surface area contributed by atoms with Crippen molar-refractivity contribution < 1.29 is 14.5 Å². The number of aryl methyl sites for hydroxylation is 1. The first-order valence-corrected chi connectivity index (χ1v) is 7.54. The van der Waals surface area contributed by atoms with Gasteiger partial charge >= 0.3 is 5.97 Å². The molecule has 0 atom stereocenters. The molecule has 6 nitrogen and oxygen atoms in total. The Morgan fingerprint density at radius 3 is 2.77 bits per heavy atom. The molecule has 2 rings (SSSR count). The van der Waals surface area contributed by atoms with Gasteiger partial charge in [0.25, 0.3) is 5.69 Å². The molecule has 0 spiro atoms. The summed E-state index contributed by atoms with van der Waals surface area (Å²) in [6, 6.07) is 4.56. The van der Waals surface area contributed by atoms with Crippen molar-refractivity contribution in [3.63, 3.8) is 0 Å². The van der Waals surface area contributed by atoms with Gasteiger partial charge in [-0.1, -0.05) is 17.7 Å². The third-order valence-electron chi connectivity index (χ3n) is 3.03. The molecule has 0 fully saturated rings. The number of hydrogen-bond acceptors (Lipinski definition) is 4. The van der Waals surface area contributed by atoms with Crippen molar-refractivity contribution in [2.24, 2.45) is 0 Å². The van der Waals surface area contributed by atoms with E-state index >= 15 is 0 Å². The van der Waals surface area contributed by atoms with Crippen LogP contribution in [0, 0.1) is 17.0 Å². The average molecular weight is 388 g/mol. The topological polar surface area (TPSA) is 85.2 Å². The Bertz CT molecular complexity index is 758. The summed E-state index contributed by atoms with van der Waals surface area (Å²) in [4.78, 5) is 25.7. The molecule has 0 aliphatic carbocycles. The van der Waals surface area contributed by atoms with Crippen LogP contribution in [0.15, 0.2) is 22.7 Å². The Morgan fingerprint density at radius 1 is 1.50 bits per heavy atom. The number of esters is 1. The number of nitro groups is 1. The smallest absolute Gasteiger partial charge is 0.355 e. The number of benzene rings is 1. The Hall–Kier alpha value is -1.86. The molecule has 0 aliphatic heterocycles. The zero-order chi connectivity index (χ0) is 16.4. The number of para-hydroxylation sites is 1. The highest BCUT2D eigenvalue weighted by Gasteiger charge is 2.28. The summed E-state index contributed by atoms with van der Waals surface area (Å²) in [6.45, 7) is 3.63. The number of nitro benzene ring substituents is 1. The summed E-state index contributed by atoms with van der Waals surface area (Å²) >= 11 is 9.30. The number of nitrogens with one attached hydrogen (secondary N) is 1. The molecule has 0 bridgehead atoms. The zero-order valence-corrected chi connectivity index (χ0v) is 14.1. The SMILES string of the molecule is CCOC(=O)c1[nH]c(C)c(Br)c1-c1cccc(Cl)c1[N+](=O)[O-]. The molecule has 0 saturated heterocycles. The third-order valence-corrected chi connectivity index (χ3v) is 4.33. The van der Waals surface area contributed by atoms with Crippen molar-refractivity contribution in [2.75, 3.05) is 6.61 Å². The van der Waals surface area contributed by atoms with Gasteiger partial charge in [0.05, 0.1) is 17.1 Å². The lowest BCUT2D eigenvalue weighted by Crippen LogP contribution is -2.07. The van der Waals surface area contributed by atoms with Crippen molar-refractivity contribution >= 4 is 39.2 Å². The number of halogens is 2. The highest BCUT2D eigenvalue weighted by molar-refractivity contribution is 9.10. The van der Waals surface area contributed by atoms with Crippen LogP contribution < -0.4 is 0 Å². The predicted molar refractivity (Wildman–Crippen MR) is 86.3 cm³/mol. The molecular weight excluding hydrogens is 376 g/mol. The lowest BCUT2D eigenvalue weighted by molar-refractivity contribution is -0.384. The standard InChI is InChI=1S/C14H12BrClN2O4/c1-3-22-14(19)12-10(11(15)7(2)17-12)8-5-4-6-9(16)13(8)18(20)21/h4-6,17H,3H2,1-2H3. The summed E-state index contributed by atoms with van der Waals surface area (Å²) in [5.41, 5.74) is 1.17. The molecule has 1 aromatic carbocycles. The van der Waals surface area contributed by atoms with Crippen LogP contribution in [0.4, 0.5) is 5.69 Å². The fourth-order valence-corrected chi connectivity index (χ4v) is 2.87. The van der Waals surface area contributed by atoms with Gasteiger partial charge in [-0.3, -0.25) is 10.1 Å². The number of aromatic amines is 1. The lowest BCUT2D eigenvalue weighted by Gasteiger charge is -2.07. The van der Waals surface area contributed by atoms with Crippen molar-refractivity contribution in [3.8, 4) is 11.1 Å². The molecule has 0 unspecified atom stereocenters. The van der Waals surface area contributed by atoms with E-state index in [4.69, 9.17) is 16.3 Å². The van der Waals surface area contributed by atoms with E-state index in [1.54, 1.807) is 26.0 Å². The first kappa shape index (κ1) is 16.5. The maximum Gasteiger partial charge on any atom is 0.355 e. The van der Waals surface area contributed by atoms with E-state index < -0.39 is 10.9 Å². The van der Waals surface area contributed by atoms with E-state index in [0.29, 0.717) is 15.7 Å². The van der Waals surface area contributed by atoms with Crippen molar-refractivity contribution in [3.05, 3.63) is 49.2 Å². The molecule has 0 saturated carbocycles. The fourth-order valence-electron chi connectivity index (χ4n) is 2.11. The minimum Gasteiger partial charge on any atom is -0.461 e. The van der Waals surface area contributed by atoms with E-state index in [1.807, 2.05) is 0 Å². The summed E-state index contributed by atoms with van der Waals surface area (Å²) in [6.07, 6.45) is 0. The van der Waals surface area contributed by atoms with E-state index in [9.17, 15) is 14.9 Å². The number of rotatable bonds is 4. The minimum atomic E-state index is -0.583. The van der Waals surface area contributed by atoms with Crippen molar-refractivity contribution in [1.82, 2.24) is 4.98 Å².